The summed E-state index contributed by atoms with van der Waals surface area (Å²) in [5.74, 6) is -0.977. The van der Waals surface area contributed by atoms with Gasteiger partial charge in [0.05, 0.1) is 37.2 Å². The summed E-state index contributed by atoms with van der Waals surface area (Å²) in [5, 5.41) is 9.17. The van der Waals surface area contributed by atoms with Crippen molar-refractivity contribution in [3.8, 4) is 0 Å². The van der Waals surface area contributed by atoms with Crippen molar-refractivity contribution in [1.29, 1.82) is 0 Å². The van der Waals surface area contributed by atoms with Crippen LogP contribution in [0.3, 0.4) is 0 Å². The molecule has 0 amide bonds. The molecule has 0 spiro atoms. The van der Waals surface area contributed by atoms with Crippen LogP contribution in [-0.2, 0) is 10.3 Å². The fraction of sp³-hybridized carbons (Fsp3) is 0.385. The third kappa shape index (κ3) is 2.02. The summed E-state index contributed by atoms with van der Waals surface area (Å²) in [4.78, 5) is 14.9. The molecule has 1 aromatic rings. The fourth-order valence-corrected chi connectivity index (χ4v) is 2.23. The van der Waals surface area contributed by atoms with E-state index in [1.165, 1.54) is 0 Å². The van der Waals surface area contributed by atoms with Crippen molar-refractivity contribution < 1.29 is 14.6 Å². The van der Waals surface area contributed by atoms with Gasteiger partial charge in [0.25, 0.3) is 5.54 Å². The molecule has 1 aliphatic rings. The van der Waals surface area contributed by atoms with Crippen LogP contribution < -0.4 is 0 Å². The number of ether oxygens (including phenoxy) is 1. The van der Waals surface area contributed by atoms with Crippen molar-refractivity contribution in [3.63, 3.8) is 0 Å². The van der Waals surface area contributed by atoms with Crippen LogP contribution in [0.15, 0.2) is 24.3 Å². The Morgan fingerprint density at radius 1 is 1.35 bits per heavy atom. The van der Waals surface area contributed by atoms with Gasteiger partial charge in [0.1, 0.15) is 0 Å². The van der Waals surface area contributed by atoms with Gasteiger partial charge in [-0.1, -0.05) is 18.2 Å². The summed E-state index contributed by atoms with van der Waals surface area (Å²) < 4.78 is 5.26. The molecule has 0 unspecified atom stereocenters. The zero-order valence-corrected chi connectivity index (χ0v) is 9.35. The first kappa shape index (κ1) is 11.6. The van der Waals surface area contributed by atoms with Crippen LogP contribution >= 0.6 is 0 Å². The molecular formula is C13H13NO3. The predicted molar refractivity (Wildman–Crippen MR) is 61.7 cm³/mol. The summed E-state index contributed by atoms with van der Waals surface area (Å²) in [7, 11) is 0. The molecule has 1 heterocycles. The van der Waals surface area contributed by atoms with E-state index in [2.05, 4.69) is 4.85 Å². The van der Waals surface area contributed by atoms with E-state index in [1.54, 1.807) is 24.3 Å². The van der Waals surface area contributed by atoms with Crippen molar-refractivity contribution in [2.45, 2.75) is 18.4 Å². The molecule has 88 valence electrons. The molecule has 17 heavy (non-hydrogen) atoms. The zero-order valence-electron chi connectivity index (χ0n) is 9.35. The van der Waals surface area contributed by atoms with E-state index in [0.29, 0.717) is 31.6 Å². The van der Waals surface area contributed by atoms with Gasteiger partial charge in [0.2, 0.25) is 0 Å². The van der Waals surface area contributed by atoms with E-state index in [0.717, 1.165) is 0 Å². The van der Waals surface area contributed by atoms with Gasteiger partial charge in [-0.25, -0.2) is 11.4 Å². The lowest BCUT2D eigenvalue weighted by atomic mass is 9.81. The largest absolute Gasteiger partial charge is 0.478 e. The minimum absolute atomic E-state index is 0.227. The lowest BCUT2D eigenvalue weighted by Crippen LogP contribution is -2.32. The third-order valence-corrected chi connectivity index (χ3v) is 3.19. The molecule has 1 fully saturated rings. The summed E-state index contributed by atoms with van der Waals surface area (Å²) in [6, 6.07) is 6.76. The van der Waals surface area contributed by atoms with Gasteiger partial charge in [-0.3, -0.25) is 0 Å². The van der Waals surface area contributed by atoms with Crippen LogP contribution in [0.4, 0.5) is 0 Å². The zero-order chi connectivity index (χ0) is 12.3. The molecular weight excluding hydrogens is 218 g/mol. The molecule has 1 saturated heterocycles. The van der Waals surface area contributed by atoms with E-state index in [1.807, 2.05) is 0 Å². The molecule has 1 N–H and O–H groups in total. The molecule has 0 aliphatic carbocycles. The second-order valence-corrected chi connectivity index (χ2v) is 4.11. The van der Waals surface area contributed by atoms with Gasteiger partial charge in [0, 0.05) is 0 Å². The van der Waals surface area contributed by atoms with Crippen LogP contribution in [0.2, 0.25) is 0 Å². The van der Waals surface area contributed by atoms with Crippen LogP contribution in [0.5, 0.6) is 0 Å². The molecule has 1 aromatic carbocycles. The number of hydrogen-bond donors (Lipinski definition) is 1. The number of hydrogen-bond acceptors (Lipinski definition) is 2. The summed E-state index contributed by atoms with van der Waals surface area (Å²) in [5.41, 5.74) is 0.115. The molecule has 0 radical (unpaired) electrons. The van der Waals surface area contributed by atoms with Crippen LogP contribution in [-0.4, -0.2) is 24.3 Å². The Hall–Kier alpha value is -1.86. The highest BCUT2D eigenvalue weighted by molar-refractivity contribution is 5.90. The topological polar surface area (TPSA) is 50.9 Å². The highest BCUT2D eigenvalue weighted by Crippen LogP contribution is 2.38. The van der Waals surface area contributed by atoms with Crippen molar-refractivity contribution >= 4 is 5.97 Å². The smallest absolute Gasteiger partial charge is 0.336 e. The number of benzene rings is 1. The highest BCUT2D eigenvalue weighted by atomic mass is 16.5. The second-order valence-electron chi connectivity index (χ2n) is 4.11. The average Bonchev–Trinajstić information content (AvgIpc) is 2.39. The van der Waals surface area contributed by atoms with E-state index in [-0.39, 0.29) is 5.56 Å². The van der Waals surface area contributed by atoms with Gasteiger partial charge < -0.3 is 14.7 Å². The fourth-order valence-electron chi connectivity index (χ4n) is 2.23. The normalized spacial score (nSPS) is 18.3. The maximum Gasteiger partial charge on any atom is 0.336 e. The average molecular weight is 231 g/mol. The Morgan fingerprint density at radius 3 is 2.59 bits per heavy atom. The van der Waals surface area contributed by atoms with E-state index in [9.17, 15) is 9.90 Å². The van der Waals surface area contributed by atoms with E-state index >= 15 is 0 Å². The van der Waals surface area contributed by atoms with E-state index < -0.39 is 11.5 Å². The quantitative estimate of drug-likeness (QED) is 0.794. The van der Waals surface area contributed by atoms with Gasteiger partial charge in [0.15, 0.2) is 0 Å². The maximum atomic E-state index is 11.2. The van der Waals surface area contributed by atoms with Crippen LogP contribution in [0.1, 0.15) is 28.8 Å². The number of rotatable bonds is 2. The Labute approximate surface area is 99.7 Å². The lowest BCUT2D eigenvalue weighted by Gasteiger charge is -2.27. The Balaban J connectivity index is 2.51. The lowest BCUT2D eigenvalue weighted by molar-refractivity contribution is 0.0613. The first-order chi connectivity index (χ1) is 8.19. The number of nitrogens with zero attached hydrogens (tertiary/aromatic N) is 1. The molecule has 0 saturated carbocycles. The standard InChI is InChI=1S/C13H13NO3/c1-14-13(6-8-17-9-7-13)11-5-3-2-4-10(11)12(15)16/h2-5H,6-9H2,(H,15,16). The molecule has 4 heteroatoms. The molecule has 0 bridgehead atoms. The molecule has 0 atom stereocenters. The van der Waals surface area contributed by atoms with Crippen molar-refractivity contribution in [3.05, 3.63) is 46.8 Å². The molecule has 2 rings (SSSR count). The number of aromatic carboxylic acids is 1. The summed E-state index contributed by atoms with van der Waals surface area (Å²) in [6.45, 7) is 8.42. The number of carboxylic acids is 1. The minimum atomic E-state index is -0.977. The third-order valence-electron chi connectivity index (χ3n) is 3.19. The monoisotopic (exact) mass is 231 g/mol. The van der Waals surface area contributed by atoms with Crippen LogP contribution in [0.25, 0.3) is 4.85 Å². The Morgan fingerprint density at radius 2 is 2.00 bits per heavy atom. The van der Waals surface area contributed by atoms with Crippen molar-refractivity contribution in [2.75, 3.05) is 13.2 Å². The van der Waals surface area contributed by atoms with Crippen molar-refractivity contribution in [1.82, 2.24) is 0 Å². The van der Waals surface area contributed by atoms with Gasteiger partial charge in [-0.05, 0) is 6.07 Å². The highest BCUT2D eigenvalue weighted by Gasteiger charge is 2.43. The predicted octanol–water partition coefficient (Wildman–Crippen LogP) is 2.31. The molecule has 0 aromatic heterocycles. The first-order valence-electron chi connectivity index (χ1n) is 5.49. The Kier molecular flexibility index (Phi) is 3.12. The van der Waals surface area contributed by atoms with Gasteiger partial charge in [-0.15, -0.1) is 0 Å². The van der Waals surface area contributed by atoms with Crippen LogP contribution in [0, 0.1) is 6.57 Å². The maximum absolute atomic E-state index is 11.2. The number of carboxylic acid groups (broad SMARTS) is 1. The number of carbonyl (C=O) groups is 1. The van der Waals surface area contributed by atoms with E-state index in [4.69, 9.17) is 11.3 Å². The summed E-state index contributed by atoms with van der Waals surface area (Å²) >= 11 is 0. The molecule has 1 aliphatic heterocycles. The first-order valence-corrected chi connectivity index (χ1v) is 5.49. The van der Waals surface area contributed by atoms with Gasteiger partial charge >= 0.3 is 5.97 Å². The second kappa shape index (κ2) is 4.56. The Bertz CT molecular complexity index is 470. The SMILES string of the molecule is [C-]#[N+]C1(c2ccccc2C(=O)O)CCOCC1. The molecule has 4 nitrogen and oxygen atoms in total. The minimum Gasteiger partial charge on any atom is -0.478 e. The van der Waals surface area contributed by atoms with Crippen molar-refractivity contribution in [2.24, 2.45) is 0 Å². The summed E-state index contributed by atoms with van der Waals surface area (Å²) in [6.07, 6.45) is 1.11. The van der Waals surface area contributed by atoms with Gasteiger partial charge in [-0.2, -0.15) is 0 Å².